The van der Waals surface area contributed by atoms with Crippen molar-refractivity contribution in [2.45, 2.75) is 59.7 Å². The molecule has 0 saturated carbocycles. The van der Waals surface area contributed by atoms with Crippen LogP contribution in [0.15, 0.2) is 6.07 Å². The number of hydrogen-bond donors (Lipinski definition) is 1. The first-order valence-corrected chi connectivity index (χ1v) is 8.34. The van der Waals surface area contributed by atoms with Crippen molar-refractivity contribution in [3.05, 3.63) is 21.4 Å². The van der Waals surface area contributed by atoms with Crippen molar-refractivity contribution in [3.8, 4) is 0 Å². The normalized spacial score (nSPS) is 17.3. The Morgan fingerprint density at radius 1 is 1.48 bits per heavy atom. The number of carbonyl (C=O) groups excluding carboxylic acids is 1. The summed E-state index contributed by atoms with van der Waals surface area (Å²) in [6.45, 7) is 12.8. The standard InChI is InChI=1S/C14H21NO3S.C2H6/c1-9-7-10-11(17-6-5-12(10)19-9)8-15-13(16)18-14(2,3)4;1-2/h7,11H,5-6,8H2,1-4H3,(H,15,16);1-2H3. The van der Waals surface area contributed by atoms with E-state index >= 15 is 0 Å². The van der Waals surface area contributed by atoms with Crippen LogP contribution in [-0.2, 0) is 15.9 Å². The molecule has 0 radical (unpaired) electrons. The number of hydrogen-bond acceptors (Lipinski definition) is 4. The van der Waals surface area contributed by atoms with Gasteiger partial charge in [-0.3, -0.25) is 0 Å². The summed E-state index contributed by atoms with van der Waals surface area (Å²) < 4.78 is 11.0. The Morgan fingerprint density at radius 2 is 2.14 bits per heavy atom. The van der Waals surface area contributed by atoms with Crippen molar-refractivity contribution in [3.63, 3.8) is 0 Å². The van der Waals surface area contributed by atoms with Crippen molar-refractivity contribution >= 4 is 17.4 Å². The summed E-state index contributed by atoms with van der Waals surface area (Å²) in [7, 11) is 0. The largest absolute Gasteiger partial charge is 0.444 e. The van der Waals surface area contributed by atoms with Gasteiger partial charge in [-0.15, -0.1) is 11.3 Å². The van der Waals surface area contributed by atoms with Gasteiger partial charge < -0.3 is 14.8 Å². The Labute approximate surface area is 131 Å². The molecule has 2 rings (SSSR count). The van der Waals surface area contributed by atoms with Crippen LogP contribution >= 0.6 is 11.3 Å². The van der Waals surface area contributed by atoms with Crippen LogP contribution < -0.4 is 5.32 Å². The summed E-state index contributed by atoms with van der Waals surface area (Å²) in [6.07, 6.45) is 0.521. The number of aryl methyl sites for hydroxylation is 1. The molecule has 120 valence electrons. The minimum atomic E-state index is -0.471. The topological polar surface area (TPSA) is 47.6 Å². The predicted molar refractivity (Wildman–Crippen MR) is 87.0 cm³/mol. The van der Waals surface area contributed by atoms with E-state index in [0.29, 0.717) is 13.2 Å². The van der Waals surface area contributed by atoms with Crippen molar-refractivity contribution in [2.24, 2.45) is 0 Å². The summed E-state index contributed by atoms with van der Waals surface area (Å²) in [6, 6.07) is 2.15. The Kier molecular flexibility index (Phi) is 6.68. The minimum Gasteiger partial charge on any atom is -0.444 e. The van der Waals surface area contributed by atoms with Gasteiger partial charge in [0, 0.05) is 16.2 Å². The van der Waals surface area contributed by atoms with E-state index in [9.17, 15) is 4.79 Å². The lowest BCUT2D eigenvalue weighted by Gasteiger charge is -2.25. The maximum absolute atomic E-state index is 11.6. The van der Waals surface area contributed by atoms with E-state index < -0.39 is 11.7 Å². The van der Waals surface area contributed by atoms with Gasteiger partial charge in [0.2, 0.25) is 0 Å². The second-order valence-electron chi connectivity index (χ2n) is 5.73. The van der Waals surface area contributed by atoms with Crippen LogP contribution in [0.2, 0.25) is 0 Å². The van der Waals surface area contributed by atoms with Gasteiger partial charge in [0.25, 0.3) is 0 Å². The van der Waals surface area contributed by atoms with Crippen molar-refractivity contribution < 1.29 is 14.3 Å². The number of rotatable bonds is 2. The highest BCUT2D eigenvalue weighted by Crippen LogP contribution is 2.33. The molecule has 1 aliphatic rings. The van der Waals surface area contributed by atoms with E-state index in [1.165, 1.54) is 15.3 Å². The molecule has 1 aromatic rings. The number of carbonyl (C=O) groups is 1. The average molecular weight is 313 g/mol. The molecule has 1 aromatic heterocycles. The van der Waals surface area contributed by atoms with Gasteiger partial charge in [-0.2, -0.15) is 0 Å². The maximum Gasteiger partial charge on any atom is 0.407 e. The molecule has 0 saturated heterocycles. The summed E-state index contributed by atoms with van der Waals surface area (Å²) in [4.78, 5) is 14.3. The fourth-order valence-corrected chi connectivity index (χ4v) is 3.16. The van der Waals surface area contributed by atoms with Gasteiger partial charge in [-0.05, 0) is 39.3 Å². The number of amides is 1. The highest BCUT2D eigenvalue weighted by Gasteiger charge is 2.24. The van der Waals surface area contributed by atoms with Gasteiger partial charge in [0.1, 0.15) is 11.7 Å². The zero-order valence-electron chi connectivity index (χ0n) is 13.9. The van der Waals surface area contributed by atoms with Gasteiger partial charge in [0.15, 0.2) is 0 Å². The van der Waals surface area contributed by atoms with Crippen molar-refractivity contribution in [2.75, 3.05) is 13.2 Å². The Balaban J connectivity index is 0.00000106. The van der Waals surface area contributed by atoms with E-state index in [1.807, 2.05) is 46.0 Å². The van der Waals surface area contributed by atoms with E-state index in [-0.39, 0.29) is 6.10 Å². The van der Waals surface area contributed by atoms with E-state index in [0.717, 1.165) is 6.42 Å². The van der Waals surface area contributed by atoms with Gasteiger partial charge in [-0.25, -0.2) is 4.79 Å². The van der Waals surface area contributed by atoms with E-state index in [2.05, 4.69) is 18.3 Å². The highest BCUT2D eigenvalue weighted by atomic mass is 32.1. The third kappa shape index (κ3) is 5.67. The summed E-state index contributed by atoms with van der Waals surface area (Å²) >= 11 is 1.81. The first-order chi connectivity index (χ1) is 9.85. The fraction of sp³-hybridized carbons (Fsp3) is 0.688. The average Bonchev–Trinajstić information content (AvgIpc) is 2.77. The SMILES string of the molecule is CC.Cc1cc2c(s1)CCOC2CNC(=O)OC(C)(C)C. The zero-order chi connectivity index (χ0) is 16.0. The molecular weight excluding hydrogens is 286 g/mol. The molecule has 0 aliphatic carbocycles. The molecule has 0 fully saturated rings. The third-order valence-corrected chi connectivity index (χ3v) is 3.92. The van der Waals surface area contributed by atoms with Gasteiger partial charge in [-0.1, -0.05) is 13.8 Å². The Hall–Kier alpha value is -1.07. The van der Waals surface area contributed by atoms with Crippen LogP contribution in [0.4, 0.5) is 4.79 Å². The maximum atomic E-state index is 11.6. The number of alkyl carbamates (subject to hydrolysis) is 1. The van der Waals surface area contributed by atoms with Gasteiger partial charge >= 0.3 is 6.09 Å². The van der Waals surface area contributed by atoms with E-state index in [4.69, 9.17) is 9.47 Å². The molecule has 2 heterocycles. The number of nitrogens with one attached hydrogen (secondary N) is 1. The quantitative estimate of drug-likeness (QED) is 0.889. The molecule has 1 N–H and O–H groups in total. The zero-order valence-corrected chi connectivity index (χ0v) is 14.7. The molecule has 21 heavy (non-hydrogen) atoms. The summed E-state index contributed by atoms with van der Waals surface area (Å²) in [5, 5.41) is 2.78. The monoisotopic (exact) mass is 313 g/mol. The summed E-state index contributed by atoms with van der Waals surface area (Å²) in [5.74, 6) is 0. The van der Waals surface area contributed by atoms with Crippen LogP contribution in [0.1, 0.15) is 56.0 Å². The molecule has 1 atom stereocenters. The van der Waals surface area contributed by atoms with Crippen LogP contribution in [0.5, 0.6) is 0 Å². The Bertz CT molecular complexity index is 463. The van der Waals surface area contributed by atoms with Crippen LogP contribution in [-0.4, -0.2) is 24.8 Å². The third-order valence-electron chi connectivity index (χ3n) is 2.79. The lowest BCUT2D eigenvalue weighted by atomic mass is 10.1. The first kappa shape index (κ1) is 18.0. The highest BCUT2D eigenvalue weighted by molar-refractivity contribution is 7.12. The number of ether oxygens (including phenoxy) is 2. The number of fused-ring (bicyclic) bond motifs is 1. The molecule has 1 aliphatic heterocycles. The van der Waals surface area contributed by atoms with Crippen molar-refractivity contribution in [1.82, 2.24) is 5.32 Å². The van der Waals surface area contributed by atoms with Crippen LogP contribution in [0.25, 0.3) is 0 Å². The smallest absolute Gasteiger partial charge is 0.407 e. The second kappa shape index (κ2) is 7.80. The van der Waals surface area contributed by atoms with Gasteiger partial charge in [0.05, 0.1) is 13.2 Å². The van der Waals surface area contributed by atoms with E-state index in [1.54, 1.807) is 0 Å². The van der Waals surface area contributed by atoms with Crippen LogP contribution in [0, 0.1) is 6.92 Å². The summed E-state index contributed by atoms with van der Waals surface area (Å²) in [5.41, 5.74) is 0.742. The second-order valence-corrected chi connectivity index (χ2v) is 7.07. The molecule has 0 spiro atoms. The number of thiophene rings is 1. The lowest BCUT2D eigenvalue weighted by Crippen LogP contribution is -2.36. The molecule has 0 aromatic carbocycles. The molecule has 1 unspecified atom stereocenters. The Morgan fingerprint density at radius 3 is 2.76 bits per heavy atom. The first-order valence-electron chi connectivity index (χ1n) is 7.53. The molecular formula is C16H27NO3S. The molecule has 4 nitrogen and oxygen atoms in total. The fourth-order valence-electron chi connectivity index (χ4n) is 2.09. The molecule has 1 amide bonds. The lowest BCUT2D eigenvalue weighted by molar-refractivity contribution is 0.0296. The van der Waals surface area contributed by atoms with Crippen molar-refractivity contribution in [1.29, 1.82) is 0 Å². The van der Waals surface area contributed by atoms with Crippen LogP contribution in [0.3, 0.4) is 0 Å². The molecule has 5 heteroatoms. The minimum absolute atomic E-state index is 0.0544. The molecule has 0 bridgehead atoms. The predicted octanol–water partition coefficient (Wildman–Crippen LogP) is 4.22.